The molecule has 3 aromatic rings. The Balaban J connectivity index is 1.76. The Bertz CT molecular complexity index is 964. The number of hydrogen-bond donors (Lipinski definition) is 1. The van der Waals surface area contributed by atoms with Gasteiger partial charge in [-0.3, -0.25) is 9.78 Å². The predicted molar refractivity (Wildman–Crippen MR) is 111 cm³/mol. The van der Waals surface area contributed by atoms with Gasteiger partial charge in [0.15, 0.2) is 11.0 Å². The van der Waals surface area contributed by atoms with Crippen LogP contribution < -0.4 is 10.1 Å². The van der Waals surface area contributed by atoms with Gasteiger partial charge in [0.2, 0.25) is 5.91 Å². The van der Waals surface area contributed by atoms with Crippen molar-refractivity contribution in [3.05, 3.63) is 47.7 Å². The monoisotopic (exact) mass is 417 g/mol. The summed E-state index contributed by atoms with van der Waals surface area (Å²) < 4.78 is 7.25. The number of hydrogen-bond acceptors (Lipinski definition) is 6. The summed E-state index contributed by atoms with van der Waals surface area (Å²) in [5, 5.41) is 12.2. The SMILES string of the molecule is CCn1c(S[C@H](C)C(=O)Nc2cc(Cl)ccc2OC)nnc1-c1ccncc1. The summed E-state index contributed by atoms with van der Waals surface area (Å²) in [6.45, 7) is 4.51. The molecule has 0 aliphatic carbocycles. The molecule has 7 nitrogen and oxygen atoms in total. The molecule has 1 atom stereocenters. The standard InChI is InChI=1S/C19H20ClN5O2S/c1-4-25-17(13-7-9-21-10-8-13)23-24-19(25)28-12(2)18(26)22-15-11-14(20)5-6-16(15)27-3/h5-12H,4H2,1-3H3,(H,22,26)/t12-/m1/s1. The Hall–Kier alpha value is -2.58. The topological polar surface area (TPSA) is 81.9 Å². The first-order chi connectivity index (χ1) is 13.5. The first-order valence-electron chi connectivity index (χ1n) is 8.68. The quantitative estimate of drug-likeness (QED) is 0.582. The van der Waals surface area contributed by atoms with Gasteiger partial charge in [-0.25, -0.2) is 0 Å². The summed E-state index contributed by atoms with van der Waals surface area (Å²) >= 11 is 7.37. The van der Waals surface area contributed by atoms with E-state index in [1.807, 2.05) is 30.5 Å². The zero-order valence-corrected chi connectivity index (χ0v) is 17.3. The maximum absolute atomic E-state index is 12.7. The molecule has 0 fully saturated rings. The van der Waals surface area contributed by atoms with E-state index in [0.29, 0.717) is 28.2 Å². The van der Waals surface area contributed by atoms with Crippen LogP contribution in [-0.2, 0) is 11.3 Å². The predicted octanol–water partition coefficient (Wildman–Crippen LogP) is 4.14. The maximum atomic E-state index is 12.7. The van der Waals surface area contributed by atoms with Gasteiger partial charge in [-0.1, -0.05) is 23.4 Å². The molecule has 2 heterocycles. The Morgan fingerprint density at radius 2 is 2.04 bits per heavy atom. The summed E-state index contributed by atoms with van der Waals surface area (Å²) in [6, 6.07) is 8.84. The fraction of sp³-hybridized carbons (Fsp3) is 0.263. The molecule has 9 heteroatoms. The highest BCUT2D eigenvalue weighted by Gasteiger charge is 2.21. The van der Waals surface area contributed by atoms with Crippen molar-refractivity contribution in [1.82, 2.24) is 19.7 Å². The van der Waals surface area contributed by atoms with Crippen molar-refractivity contribution in [2.45, 2.75) is 30.8 Å². The second-order valence-electron chi connectivity index (χ2n) is 5.88. The zero-order chi connectivity index (χ0) is 20.1. The van der Waals surface area contributed by atoms with Crippen molar-refractivity contribution >= 4 is 35.0 Å². The van der Waals surface area contributed by atoms with E-state index in [-0.39, 0.29) is 5.91 Å². The van der Waals surface area contributed by atoms with Crippen LogP contribution in [0.5, 0.6) is 5.75 Å². The van der Waals surface area contributed by atoms with Gasteiger partial charge < -0.3 is 14.6 Å². The fourth-order valence-electron chi connectivity index (χ4n) is 2.60. The molecular weight excluding hydrogens is 398 g/mol. The molecule has 0 radical (unpaired) electrons. The van der Waals surface area contributed by atoms with E-state index in [0.717, 1.165) is 11.4 Å². The van der Waals surface area contributed by atoms with E-state index in [1.54, 1.807) is 37.7 Å². The van der Waals surface area contributed by atoms with Crippen molar-refractivity contribution < 1.29 is 9.53 Å². The average molecular weight is 418 g/mol. The van der Waals surface area contributed by atoms with Crippen LogP contribution in [0.2, 0.25) is 5.02 Å². The molecule has 1 amide bonds. The molecule has 0 aliphatic rings. The molecule has 2 aromatic heterocycles. The van der Waals surface area contributed by atoms with Crippen molar-refractivity contribution in [3.8, 4) is 17.1 Å². The van der Waals surface area contributed by atoms with Crippen molar-refractivity contribution in [1.29, 1.82) is 0 Å². The number of nitrogens with one attached hydrogen (secondary N) is 1. The number of anilines is 1. The molecule has 0 bridgehead atoms. The third kappa shape index (κ3) is 4.45. The molecule has 0 unspecified atom stereocenters. The van der Waals surface area contributed by atoms with E-state index in [9.17, 15) is 4.79 Å². The lowest BCUT2D eigenvalue weighted by molar-refractivity contribution is -0.115. The van der Waals surface area contributed by atoms with Gasteiger partial charge in [0.1, 0.15) is 5.75 Å². The van der Waals surface area contributed by atoms with Crippen LogP contribution in [0.15, 0.2) is 47.9 Å². The zero-order valence-electron chi connectivity index (χ0n) is 15.7. The van der Waals surface area contributed by atoms with Gasteiger partial charge in [-0.2, -0.15) is 0 Å². The lowest BCUT2D eigenvalue weighted by Gasteiger charge is -2.14. The Labute approximate surface area is 172 Å². The van der Waals surface area contributed by atoms with Crippen LogP contribution in [0.3, 0.4) is 0 Å². The fourth-order valence-corrected chi connectivity index (χ4v) is 3.68. The first kappa shape index (κ1) is 20.2. The minimum atomic E-state index is -0.400. The molecule has 146 valence electrons. The first-order valence-corrected chi connectivity index (χ1v) is 9.94. The van der Waals surface area contributed by atoms with Crippen LogP contribution in [0.4, 0.5) is 5.69 Å². The highest BCUT2D eigenvalue weighted by atomic mass is 35.5. The van der Waals surface area contributed by atoms with E-state index in [4.69, 9.17) is 16.3 Å². The Morgan fingerprint density at radius 1 is 1.29 bits per heavy atom. The van der Waals surface area contributed by atoms with Gasteiger partial charge in [0.25, 0.3) is 0 Å². The van der Waals surface area contributed by atoms with E-state index < -0.39 is 5.25 Å². The average Bonchev–Trinajstić information content (AvgIpc) is 3.11. The second-order valence-corrected chi connectivity index (χ2v) is 7.62. The molecule has 0 saturated heterocycles. The third-order valence-corrected chi connectivity index (χ3v) is 5.36. The van der Waals surface area contributed by atoms with Crippen molar-refractivity contribution in [2.75, 3.05) is 12.4 Å². The van der Waals surface area contributed by atoms with Crippen LogP contribution in [0, 0.1) is 0 Å². The van der Waals surface area contributed by atoms with Crippen molar-refractivity contribution in [2.24, 2.45) is 0 Å². The lowest BCUT2D eigenvalue weighted by atomic mass is 10.2. The minimum absolute atomic E-state index is 0.179. The summed E-state index contributed by atoms with van der Waals surface area (Å²) in [4.78, 5) is 16.7. The van der Waals surface area contributed by atoms with Gasteiger partial charge in [-0.15, -0.1) is 10.2 Å². The summed E-state index contributed by atoms with van der Waals surface area (Å²) in [7, 11) is 1.54. The van der Waals surface area contributed by atoms with E-state index in [1.165, 1.54) is 11.8 Å². The molecule has 0 aliphatic heterocycles. The van der Waals surface area contributed by atoms with Crippen LogP contribution in [-0.4, -0.2) is 38.0 Å². The van der Waals surface area contributed by atoms with Gasteiger partial charge >= 0.3 is 0 Å². The molecule has 1 N–H and O–H groups in total. The number of ether oxygens (including phenoxy) is 1. The van der Waals surface area contributed by atoms with Gasteiger partial charge in [0.05, 0.1) is 18.0 Å². The number of carbonyl (C=O) groups is 1. The largest absolute Gasteiger partial charge is 0.495 e. The number of carbonyl (C=O) groups excluding carboxylic acids is 1. The van der Waals surface area contributed by atoms with Gasteiger partial charge in [0, 0.05) is 29.5 Å². The maximum Gasteiger partial charge on any atom is 0.237 e. The smallest absolute Gasteiger partial charge is 0.237 e. The number of rotatable bonds is 7. The summed E-state index contributed by atoms with van der Waals surface area (Å²) in [5.41, 5.74) is 1.46. The minimum Gasteiger partial charge on any atom is -0.495 e. The second kappa shape index (κ2) is 9.07. The number of amides is 1. The van der Waals surface area contributed by atoms with Crippen LogP contribution in [0.1, 0.15) is 13.8 Å². The highest BCUT2D eigenvalue weighted by molar-refractivity contribution is 8.00. The number of nitrogens with zero attached hydrogens (tertiary/aromatic N) is 4. The third-order valence-electron chi connectivity index (χ3n) is 4.04. The van der Waals surface area contributed by atoms with Crippen LogP contribution in [0.25, 0.3) is 11.4 Å². The Morgan fingerprint density at radius 3 is 2.71 bits per heavy atom. The highest BCUT2D eigenvalue weighted by Crippen LogP contribution is 2.30. The van der Waals surface area contributed by atoms with E-state index in [2.05, 4.69) is 20.5 Å². The lowest BCUT2D eigenvalue weighted by Crippen LogP contribution is -2.23. The Kier molecular flexibility index (Phi) is 6.53. The number of methoxy groups -OCH3 is 1. The summed E-state index contributed by atoms with van der Waals surface area (Å²) in [5.74, 6) is 1.12. The molecule has 3 rings (SSSR count). The van der Waals surface area contributed by atoms with E-state index >= 15 is 0 Å². The number of thioether (sulfide) groups is 1. The summed E-state index contributed by atoms with van der Waals surface area (Å²) in [6.07, 6.45) is 3.43. The molecule has 0 spiro atoms. The molecule has 28 heavy (non-hydrogen) atoms. The molecule has 0 saturated carbocycles. The number of halogens is 1. The molecular formula is C19H20ClN5O2S. The van der Waals surface area contributed by atoms with Crippen molar-refractivity contribution in [3.63, 3.8) is 0 Å². The number of pyridine rings is 1. The van der Waals surface area contributed by atoms with Gasteiger partial charge in [-0.05, 0) is 44.2 Å². The van der Waals surface area contributed by atoms with Crippen LogP contribution >= 0.6 is 23.4 Å². The number of benzene rings is 1. The normalized spacial score (nSPS) is 11.9. The molecule has 1 aromatic carbocycles. The number of aromatic nitrogens is 4.